The highest BCUT2D eigenvalue weighted by atomic mass is 16.4. The third kappa shape index (κ3) is 3.06. The van der Waals surface area contributed by atoms with E-state index in [2.05, 4.69) is 13.8 Å². The van der Waals surface area contributed by atoms with Gasteiger partial charge in [-0.1, -0.05) is 38.1 Å². The lowest BCUT2D eigenvalue weighted by Crippen LogP contribution is -2.17. The van der Waals surface area contributed by atoms with Gasteiger partial charge >= 0.3 is 5.97 Å². The van der Waals surface area contributed by atoms with Crippen LogP contribution >= 0.6 is 0 Å². The fourth-order valence-electron chi connectivity index (χ4n) is 1.67. The topological polar surface area (TPSA) is 63.3 Å². The fourth-order valence-corrected chi connectivity index (χ4v) is 1.67. The maximum Gasteiger partial charge on any atom is 0.305 e. The molecule has 0 spiro atoms. The number of nitrogens with two attached hydrogens (primary N) is 1. The molecule has 0 aliphatic rings. The molecule has 0 unspecified atom stereocenters. The molecule has 0 saturated carbocycles. The lowest BCUT2D eigenvalue weighted by atomic mass is 9.92. The van der Waals surface area contributed by atoms with Gasteiger partial charge in [0.1, 0.15) is 0 Å². The normalized spacial score (nSPS) is 12.8. The van der Waals surface area contributed by atoms with Crippen molar-refractivity contribution < 1.29 is 9.90 Å². The van der Waals surface area contributed by atoms with Crippen molar-refractivity contribution in [3.8, 4) is 0 Å². The van der Waals surface area contributed by atoms with Crippen LogP contribution in [0.15, 0.2) is 24.3 Å². The molecule has 1 atom stereocenters. The molecule has 1 aromatic carbocycles. The maximum absolute atomic E-state index is 10.6. The predicted molar refractivity (Wildman–Crippen MR) is 59.7 cm³/mol. The van der Waals surface area contributed by atoms with Crippen molar-refractivity contribution in [1.29, 1.82) is 0 Å². The van der Waals surface area contributed by atoms with E-state index >= 15 is 0 Å². The molecule has 15 heavy (non-hydrogen) atoms. The van der Waals surface area contributed by atoms with Gasteiger partial charge in [0.2, 0.25) is 0 Å². The monoisotopic (exact) mass is 207 g/mol. The van der Waals surface area contributed by atoms with Gasteiger partial charge in [0.15, 0.2) is 0 Å². The largest absolute Gasteiger partial charge is 0.481 e. The summed E-state index contributed by atoms with van der Waals surface area (Å²) in [5.41, 5.74) is 7.92. The molecule has 0 fully saturated rings. The van der Waals surface area contributed by atoms with E-state index in [-0.39, 0.29) is 6.42 Å². The average molecular weight is 207 g/mol. The number of aliphatic carboxylic acids is 1. The maximum atomic E-state index is 10.6. The Hall–Kier alpha value is -1.35. The first kappa shape index (κ1) is 11.7. The van der Waals surface area contributed by atoms with Crippen LogP contribution in [-0.2, 0) is 4.79 Å². The number of carboxylic acid groups (broad SMARTS) is 1. The van der Waals surface area contributed by atoms with E-state index < -0.39 is 12.0 Å². The molecule has 0 heterocycles. The molecule has 1 aromatic rings. The lowest BCUT2D eigenvalue weighted by Gasteiger charge is -2.17. The molecule has 3 N–H and O–H groups in total. The van der Waals surface area contributed by atoms with E-state index in [0.717, 1.165) is 11.1 Å². The molecule has 0 aliphatic heterocycles. The highest BCUT2D eigenvalue weighted by molar-refractivity contribution is 5.68. The van der Waals surface area contributed by atoms with Crippen LogP contribution < -0.4 is 5.73 Å². The summed E-state index contributed by atoms with van der Waals surface area (Å²) in [5, 5.41) is 8.69. The van der Waals surface area contributed by atoms with Gasteiger partial charge in [0.25, 0.3) is 0 Å². The average Bonchev–Trinajstić information content (AvgIpc) is 2.16. The molecule has 0 amide bonds. The van der Waals surface area contributed by atoms with Crippen LogP contribution in [0.4, 0.5) is 0 Å². The van der Waals surface area contributed by atoms with Gasteiger partial charge in [0.05, 0.1) is 6.42 Å². The first-order chi connectivity index (χ1) is 7.02. The molecule has 1 rings (SSSR count). The molecule has 3 heteroatoms. The molecule has 0 bridgehead atoms. The highest BCUT2D eigenvalue weighted by Gasteiger charge is 2.15. The van der Waals surface area contributed by atoms with Crippen molar-refractivity contribution in [2.24, 2.45) is 5.73 Å². The van der Waals surface area contributed by atoms with E-state index in [0.29, 0.717) is 5.92 Å². The number of hydrogen-bond donors (Lipinski definition) is 2. The Labute approximate surface area is 89.9 Å². The van der Waals surface area contributed by atoms with Crippen LogP contribution in [0.2, 0.25) is 0 Å². The Balaban J connectivity index is 2.97. The molecular weight excluding hydrogens is 190 g/mol. The van der Waals surface area contributed by atoms with Gasteiger partial charge in [-0.05, 0) is 17.0 Å². The van der Waals surface area contributed by atoms with Crippen molar-refractivity contribution in [3.05, 3.63) is 35.4 Å². The van der Waals surface area contributed by atoms with Gasteiger partial charge in [0, 0.05) is 6.04 Å². The summed E-state index contributed by atoms with van der Waals surface area (Å²) in [6, 6.07) is 7.33. The second-order valence-electron chi connectivity index (χ2n) is 3.99. The first-order valence-electron chi connectivity index (χ1n) is 5.08. The Morgan fingerprint density at radius 3 is 2.33 bits per heavy atom. The molecule has 82 valence electrons. The highest BCUT2D eigenvalue weighted by Crippen LogP contribution is 2.25. The van der Waals surface area contributed by atoms with Crippen molar-refractivity contribution in [2.45, 2.75) is 32.2 Å². The SMILES string of the molecule is CC(C)c1ccccc1[C@@H](N)CC(=O)O. The quantitative estimate of drug-likeness (QED) is 0.796. The minimum atomic E-state index is -0.860. The molecular formula is C12H17NO2. The Morgan fingerprint density at radius 2 is 1.87 bits per heavy atom. The van der Waals surface area contributed by atoms with E-state index in [1.807, 2.05) is 24.3 Å². The minimum Gasteiger partial charge on any atom is -0.481 e. The Kier molecular flexibility index (Phi) is 3.86. The predicted octanol–water partition coefficient (Wildman–Crippen LogP) is 2.28. The Bertz CT molecular complexity index is 347. The van der Waals surface area contributed by atoms with Crippen LogP contribution in [0.1, 0.15) is 43.4 Å². The van der Waals surface area contributed by atoms with Gasteiger partial charge in [-0.15, -0.1) is 0 Å². The first-order valence-corrected chi connectivity index (χ1v) is 5.08. The van der Waals surface area contributed by atoms with E-state index in [9.17, 15) is 4.79 Å². The Morgan fingerprint density at radius 1 is 1.33 bits per heavy atom. The molecule has 0 radical (unpaired) electrons. The number of hydrogen-bond acceptors (Lipinski definition) is 2. The molecule has 3 nitrogen and oxygen atoms in total. The fraction of sp³-hybridized carbons (Fsp3) is 0.417. The van der Waals surface area contributed by atoms with Gasteiger partial charge < -0.3 is 10.8 Å². The standard InChI is InChI=1S/C12H17NO2/c1-8(2)9-5-3-4-6-10(9)11(13)7-12(14)15/h3-6,8,11H,7,13H2,1-2H3,(H,14,15)/t11-/m0/s1. The number of carbonyl (C=O) groups is 1. The third-order valence-electron chi connectivity index (χ3n) is 2.41. The van der Waals surface area contributed by atoms with Crippen LogP contribution in [-0.4, -0.2) is 11.1 Å². The summed E-state index contributed by atoms with van der Waals surface area (Å²) in [6.07, 6.45) is -0.0241. The van der Waals surface area contributed by atoms with Crippen LogP contribution in [0.3, 0.4) is 0 Å². The zero-order valence-corrected chi connectivity index (χ0v) is 9.10. The summed E-state index contributed by atoms with van der Waals surface area (Å²) >= 11 is 0. The number of benzene rings is 1. The number of carboxylic acids is 1. The second-order valence-corrected chi connectivity index (χ2v) is 3.99. The van der Waals surface area contributed by atoms with Crippen molar-refractivity contribution in [2.75, 3.05) is 0 Å². The van der Waals surface area contributed by atoms with Crippen molar-refractivity contribution >= 4 is 5.97 Å². The minimum absolute atomic E-state index is 0.0241. The van der Waals surface area contributed by atoms with Gasteiger partial charge in [-0.3, -0.25) is 4.79 Å². The molecule has 0 aromatic heterocycles. The smallest absolute Gasteiger partial charge is 0.305 e. The molecule has 0 aliphatic carbocycles. The van der Waals surface area contributed by atoms with Crippen molar-refractivity contribution in [1.82, 2.24) is 0 Å². The second kappa shape index (κ2) is 4.94. The van der Waals surface area contributed by atoms with Crippen LogP contribution in [0.5, 0.6) is 0 Å². The summed E-state index contributed by atoms with van der Waals surface area (Å²) in [6.45, 7) is 4.15. The van der Waals surface area contributed by atoms with Crippen LogP contribution in [0, 0.1) is 0 Å². The zero-order chi connectivity index (χ0) is 11.4. The number of rotatable bonds is 4. The lowest BCUT2D eigenvalue weighted by molar-refractivity contribution is -0.137. The van der Waals surface area contributed by atoms with E-state index in [1.165, 1.54) is 0 Å². The van der Waals surface area contributed by atoms with Crippen LogP contribution in [0.25, 0.3) is 0 Å². The summed E-state index contributed by atoms with van der Waals surface area (Å²) in [7, 11) is 0. The summed E-state index contributed by atoms with van der Waals surface area (Å²) < 4.78 is 0. The zero-order valence-electron chi connectivity index (χ0n) is 9.10. The summed E-state index contributed by atoms with van der Waals surface area (Å²) in [5.74, 6) is -0.498. The van der Waals surface area contributed by atoms with Gasteiger partial charge in [-0.25, -0.2) is 0 Å². The molecule has 0 saturated heterocycles. The van der Waals surface area contributed by atoms with Crippen molar-refractivity contribution in [3.63, 3.8) is 0 Å². The van der Waals surface area contributed by atoms with Gasteiger partial charge in [-0.2, -0.15) is 0 Å². The summed E-state index contributed by atoms with van der Waals surface area (Å²) in [4.78, 5) is 10.6. The third-order valence-corrected chi connectivity index (χ3v) is 2.41. The van der Waals surface area contributed by atoms with E-state index in [1.54, 1.807) is 0 Å². The van der Waals surface area contributed by atoms with E-state index in [4.69, 9.17) is 10.8 Å².